The molecule has 0 aromatic heterocycles. The lowest BCUT2D eigenvalue weighted by molar-refractivity contribution is -0.0530. The molecule has 2 atom stereocenters. The Morgan fingerprint density at radius 1 is 1.19 bits per heavy atom. The van der Waals surface area contributed by atoms with Gasteiger partial charge in [-0.25, -0.2) is 4.79 Å². The van der Waals surface area contributed by atoms with Crippen LogP contribution in [0.1, 0.15) is 37.8 Å². The minimum Gasteiger partial charge on any atom is -0.372 e. The number of urea groups is 1. The first-order chi connectivity index (χ1) is 10.1. The van der Waals surface area contributed by atoms with Crippen molar-refractivity contribution in [2.24, 2.45) is 0 Å². The van der Waals surface area contributed by atoms with Gasteiger partial charge in [0.05, 0.1) is 12.2 Å². The van der Waals surface area contributed by atoms with Gasteiger partial charge in [-0.15, -0.1) is 0 Å². The van der Waals surface area contributed by atoms with Crippen molar-refractivity contribution in [2.45, 2.75) is 51.7 Å². The van der Waals surface area contributed by atoms with Crippen molar-refractivity contribution < 1.29 is 9.53 Å². The normalized spacial score (nSPS) is 25.3. The maximum absolute atomic E-state index is 12.5. The van der Waals surface area contributed by atoms with E-state index < -0.39 is 0 Å². The summed E-state index contributed by atoms with van der Waals surface area (Å²) in [7, 11) is 0. The van der Waals surface area contributed by atoms with E-state index >= 15 is 0 Å². The molecule has 1 N–H and O–H groups in total. The summed E-state index contributed by atoms with van der Waals surface area (Å²) in [6.07, 6.45) is 4.87. The average Bonchev–Trinajstić information content (AvgIpc) is 2.46. The Morgan fingerprint density at radius 3 is 2.67 bits per heavy atom. The number of ether oxygens (including phenoxy) is 1. The Balaban J connectivity index is 1.73. The van der Waals surface area contributed by atoms with Crippen LogP contribution in [0.2, 0.25) is 0 Å². The third-order valence-electron chi connectivity index (χ3n) is 4.34. The van der Waals surface area contributed by atoms with Crippen LogP contribution in [-0.4, -0.2) is 36.2 Å². The molecular weight excluding hydrogens is 264 g/mol. The van der Waals surface area contributed by atoms with Gasteiger partial charge in [0.15, 0.2) is 0 Å². The predicted molar refractivity (Wildman–Crippen MR) is 83.7 cm³/mol. The van der Waals surface area contributed by atoms with Crippen molar-refractivity contribution in [2.75, 3.05) is 18.4 Å². The molecular formula is C17H24N2O2. The van der Waals surface area contributed by atoms with Gasteiger partial charge in [-0.2, -0.15) is 0 Å². The molecule has 0 spiro atoms. The first kappa shape index (κ1) is 14.4. The van der Waals surface area contributed by atoms with Crippen LogP contribution in [0.15, 0.2) is 18.2 Å². The fourth-order valence-corrected chi connectivity index (χ4v) is 3.44. The summed E-state index contributed by atoms with van der Waals surface area (Å²) >= 11 is 0. The average molecular weight is 288 g/mol. The number of carbonyl (C=O) groups is 1. The van der Waals surface area contributed by atoms with Crippen molar-refractivity contribution in [3.05, 3.63) is 29.3 Å². The number of fused-ring (bicyclic) bond motifs is 1. The van der Waals surface area contributed by atoms with Crippen LogP contribution in [0.5, 0.6) is 0 Å². The number of hydrogen-bond acceptors (Lipinski definition) is 2. The summed E-state index contributed by atoms with van der Waals surface area (Å²) in [5.74, 6) is 0. The highest BCUT2D eigenvalue weighted by Crippen LogP contribution is 2.28. The number of carbonyl (C=O) groups excluding carboxylic acids is 1. The number of aryl methyl sites for hydroxylation is 1. The van der Waals surface area contributed by atoms with Crippen molar-refractivity contribution in [1.82, 2.24) is 4.90 Å². The molecule has 1 heterocycles. The molecule has 0 radical (unpaired) electrons. The summed E-state index contributed by atoms with van der Waals surface area (Å²) in [6, 6.07) is 6.25. The van der Waals surface area contributed by atoms with Gasteiger partial charge < -0.3 is 15.0 Å². The van der Waals surface area contributed by atoms with Gasteiger partial charge in [0.1, 0.15) is 0 Å². The zero-order chi connectivity index (χ0) is 14.8. The lowest BCUT2D eigenvalue weighted by Crippen LogP contribution is -2.49. The van der Waals surface area contributed by atoms with Gasteiger partial charge in [-0.1, -0.05) is 12.1 Å². The smallest absolute Gasteiger partial charge is 0.322 e. The minimum absolute atomic E-state index is 0.00373. The first-order valence-electron chi connectivity index (χ1n) is 7.95. The SMILES string of the molecule is CC1CN(C(=O)Nc2cccc3c2CCCC3)CC(C)O1. The molecule has 21 heavy (non-hydrogen) atoms. The first-order valence-corrected chi connectivity index (χ1v) is 7.95. The van der Waals surface area contributed by atoms with E-state index in [0.717, 1.165) is 18.5 Å². The molecule has 114 valence electrons. The van der Waals surface area contributed by atoms with Crippen molar-refractivity contribution in [3.63, 3.8) is 0 Å². The second-order valence-corrected chi connectivity index (χ2v) is 6.24. The molecule has 4 nitrogen and oxygen atoms in total. The lowest BCUT2D eigenvalue weighted by Gasteiger charge is -2.35. The van der Waals surface area contributed by atoms with E-state index in [1.165, 1.54) is 24.0 Å². The number of nitrogens with one attached hydrogen (secondary N) is 1. The molecule has 2 aliphatic rings. The van der Waals surface area contributed by atoms with E-state index in [2.05, 4.69) is 11.4 Å². The van der Waals surface area contributed by atoms with Gasteiger partial charge >= 0.3 is 6.03 Å². The topological polar surface area (TPSA) is 41.6 Å². The number of benzene rings is 1. The molecule has 1 fully saturated rings. The number of amides is 2. The van der Waals surface area contributed by atoms with Crippen LogP contribution in [0.4, 0.5) is 10.5 Å². The molecule has 3 rings (SSSR count). The molecule has 1 aliphatic carbocycles. The zero-order valence-corrected chi connectivity index (χ0v) is 12.9. The monoisotopic (exact) mass is 288 g/mol. The zero-order valence-electron chi connectivity index (χ0n) is 12.9. The van der Waals surface area contributed by atoms with Gasteiger partial charge in [-0.05, 0) is 56.7 Å². The Labute approximate surface area is 126 Å². The quantitative estimate of drug-likeness (QED) is 0.862. The highest BCUT2D eigenvalue weighted by atomic mass is 16.5. The number of nitrogens with zero attached hydrogens (tertiary/aromatic N) is 1. The van der Waals surface area contributed by atoms with E-state index in [-0.39, 0.29) is 18.2 Å². The van der Waals surface area contributed by atoms with Crippen LogP contribution in [0.25, 0.3) is 0 Å². The molecule has 2 unspecified atom stereocenters. The standard InChI is InChI=1S/C17H24N2O2/c1-12-10-19(11-13(2)21-12)17(20)18-16-9-5-7-14-6-3-4-8-15(14)16/h5,7,9,12-13H,3-4,6,8,10-11H2,1-2H3,(H,18,20). The number of anilines is 1. The Kier molecular flexibility index (Phi) is 4.15. The molecule has 0 bridgehead atoms. The van der Waals surface area contributed by atoms with Gasteiger partial charge in [0.2, 0.25) is 0 Å². The van der Waals surface area contributed by atoms with E-state index in [1.54, 1.807) is 0 Å². The largest absolute Gasteiger partial charge is 0.372 e. The third-order valence-corrected chi connectivity index (χ3v) is 4.34. The van der Waals surface area contributed by atoms with Gasteiger partial charge in [0, 0.05) is 18.8 Å². The van der Waals surface area contributed by atoms with Crippen molar-refractivity contribution in [3.8, 4) is 0 Å². The van der Waals surface area contributed by atoms with E-state index in [4.69, 9.17) is 4.74 Å². The van der Waals surface area contributed by atoms with Crippen LogP contribution in [-0.2, 0) is 17.6 Å². The van der Waals surface area contributed by atoms with Gasteiger partial charge in [0.25, 0.3) is 0 Å². The van der Waals surface area contributed by atoms with Crippen LogP contribution >= 0.6 is 0 Å². The molecule has 1 aliphatic heterocycles. The second-order valence-electron chi connectivity index (χ2n) is 6.24. The highest BCUT2D eigenvalue weighted by molar-refractivity contribution is 5.90. The number of morpholine rings is 1. The maximum atomic E-state index is 12.5. The van der Waals surface area contributed by atoms with Crippen LogP contribution < -0.4 is 5.32 Å². The molecule has 1 saturated heterocycles. The lowest BCUT2D eigenvalue weighted by atomic mass is 9.90. The molecule has 2 amide bonds. The molecule has 1 aromatic carbocycles. The second kappa shape index (κ2) is 6.06. The molecule has 4 heteroatoms. The fraction of sp³-hybridized carbons (Fsp3) is 0.588. The molecule has 1 aromatic rings. The summed E-state index contributed by atoms with van der Waals surface area (Å²) in [5.41, 5.74) is 3.71. The fourth-order valence-electron chi connectivity index (χ4n) is 3.44. The van der Waals surface area contributed by atoms with Crippen molar-refractivity contribution in [1.29, 1.82) is 0 Å². The van der Waals surface area contributed by atoms with E-state index in [9.17, 15) is 4.79 Å². The van der Waals surface area contributed by atoms with Crippen LogP contribution in [0, 0.1) is 0 Å². The number of hydrogen-bond donors (Lipinski definition) is 1. The third kappa shape index (κ3) is 3.21. The highest BCUT2D eigenvalue weighted by Gasteiger charge is 2.26. The minimum atomic E-state index is -0.00373. The maximum Gasteiger partial charge on any atom is 0.322 e. The predicted octanol–water partition coefficient (Wildman–Crippen LogP) is 3.21. The Morgan fingerprint density at radius 2 is 1.90 bits per heavy atom. The number of rotatable bonds is 1. The summed E-state index contributed by atoms with van der Waals surface area (Å²) in [4.78, 5) is 14.4. The summed E-state index contributed by atoms with van der Waals surface area (Å²) in [5, 5.41) is 3.11. The van der Waals surface area contributed by atoms with E-state index in [1.807, 2.05) is 30.9 Å². The Bertz CT molecular complexity index is 520. The van der Waals surface area contributed by atoms with E-state index in [0.29, 0.717) is 13.1 Å². The van der Waals surface area contributed by atoms with Crippen molar-refractivity contribution >= 4 is 11.7 Å². The Hall–Kier alpha value is -1.55. The summed E-state index contributed by atoms with van der Waals surface area (Å²) in [6.45, 7) is 5.34. The summed E-state index contributed by atoms with van der Waals surface area (Å²) < 4.78 is 5.69. The van der Waals surface area contributed by atoms with Gasteiger partial charge in [-0.3, -0.25) is 0 Å². The molecule has 0 saturated carbocycles. The van der Waals surface area contributed by atoms with Crippen LogP contribution in [0.3, 0.4) is 0 Å².